The summed E-state index contributed by atoms with van der Waals surface area (Å²) < 4.78 is 12.0. The predicted octanol–water partition coefficient (Wildman–Crippen LogP) is 8.44. The Kier molecular flexibility index (Phi) is 6.16. The van der Waals surface area contributed by atoms with Crippen LogP contribution >= 0.6 is 0 Å². The molecule has 1 fully saturated rings. The Morgan fingerprint density at radius 1 is 0.744 bits per heavy atom. The second-order valence-electron chi connectivity index (χ2n) is 10.7. The molecule has 1 amide bonds. The first kappa shape index (κ1) is 23.8. The van der Waals surface area contributed by atoms with E-state index in [9.17, 15) is 4.79 Å². The number of ether oxygens (including phenoxy) is 2. The number of amides is 1. The van der Waals surface area contributed by atoms with Gasteiger partial charge in [0.2, 0.25) is 0 Å². The maximum atomic E-state index is 13.5. The zero-order valence-corrected chi connectivity index (χ0v) is 21.8. The van der Waals surface area contributed by atoms with Gasteiger partial charge in [-0.25, -0.2) is 4.79 Å². The molecule has 4 aromatic carbocycles. The van der Waals surface area contributed by atoms with Crippen molar-refractivity contribution in [2.45, 2.75) is 43.7 Å². The lowest BCUT2D eigenvalue weighted by Gasteiger charge is -2.44. The average molecular weight is 514 g/mol. The van der Waals surface area contributed by atoms with E-state index in [-0.39, 0.29) is 24.1 Å². The minimum atomic E-state index is -0.187. The first-order valence-corrected chi connectivity index (χ1v) is 13.9. The van der Waals surface area contributed by atoms with Crippen molar-refractivity contribution in [1.82, 2.24) is 4.90 Å². The summed E-state index contributed by atoms with van der Waals surface area (Å²) in [7, 11) is 0. The van der Waals surface area contributed by atoms with Crippen molar-refractivity contribution in [2.75, 3.05) is 6.61 Å². The second-order valence-corrected chi connectivity index (χ2v) is 10.7. The standard InChI is InChI=1S/C35H31NO3/c37-35(38-23-34-32-15-6-4-13-30(32)31-14-5-7-16-33(31)34)36-26-9-8-10-27(36)22-25(21-26)24-17-19-29(20-18-24)39-28-11-2-1-3-12-28/h1-7,11-21,26-27,34H,8-10,22-23H2. The molecule has 2 unspecified atom stereocenters. The lowest BCUT2D eigenvalue weighted by Crippen LogP contribution is -2.51. The summed E-state index contributed by atoms with van der Waals surface area (Å²) in [6, 6.07) is 35.3. The molecule has 0 radical (unpaired) electrons. The highest BCUT2D eigenvalue weighted by Crippen LogP contribution is 2.45. The van der Waals surface area contributed by atoms with E-state index in [2.05, 4.69) is 66.7 Å². The van der Waals surface area contributed by atoms with Crippen LogP contribution in [0.15, 0.2) is 109 Å². The van der Waals surface area contributed by atoms with E-state index in [0.29, 0.717) is 6.61 Å². The Hall–Kier alpha value is -4.31. The summed E-state index contributed by atoms with van der Waals surface area (Å²) in [6.07, 6.45) is 6.06. The van der Waals surface area contributed by atoms with Gasteiger partial charge in [-0.2, -0.15) is 0 Å². The molecule has 0 spiro atoms. The molecule has 4 aromatic rings. The number of fused-ring (bicyclic) bond motifs is 5. The fourth-order valence-corrected chi connectivity index (χ4v) is 6.56. The molecule has 2 aliphatic heterocycles. The number of carbonyl (C=O) groups is 1. The Balaban J connectivity index is 1.06. The van der Waals surface area contributed by atoms with Gasteiger partial charge >= 0.3 is 6.09 Å². The van der Waals surface area contributed by atoms with E-state index >= 15 is 0 Å². The van der Waals surface area contributed by atoms with Gasteiger partial charge < -0.3 is 9.47 Å². The zero-order valence-electron chi connectivity index (χ0n) is 21.8. The fraction of sp³-hybridized carbons (Fsp3) is 0.229. The monoisotopic (exact) mass is 513 g/mol. The summed E-state index contributed by atoms with van der Waals surface area (Å²) in [5.41, 5.74) is 7.48. The number of rotatable bonds is 5. The SMILES string of the molecule is O=C(OCC1c2ccccc2-c2ccccc21)N1C2C=C(c3ccc(Oc4ccccc4)cc3)CC1CCC2. The van der Waals surface area contributed by atoms with Crippen LogP contribution < -0.4 is 4.74 Å². The van der Waals surface area contributed by atoms with Crippen molar-refractivity contribution in [3.8, 4) is 22.6 Å². The Labute approximate surface area is 229 Å². The van der Waals surface area contributed by atoms with E-state index in [4.69, 9.17) is 9.47 Å². The molecular formula is C35H31NO3. The maximum absolute atomic E-state index is 13.5. The van der Waals surface area contributed by atoms with Gasteiger partial charge in [0.15, 0.2) is 0 Å². The second kappa shape index (κ2) is 10.1. The molecule has 194 valence electrons. The summed E-state index contributed by atoms with van der Waals surface area (Å²) in [6.45, 7) is 0.363. The molecule has 2 bridgehead atoms. The van der Waals surface area contributed by atoms with E-state index in [1.54, 1.807) is 0 Å². The molecule has 3 aliphatic rings. The molecule has 1 saturated heterocycles. The van der Waals surface area contributed by atoms with E-state index in [0.717, 1.165) is 37.2 Å². The zero-order chi connectivity index (χ0) is 26.2. The van der Waals surface area contributed by atoms with Crippen molar-refractivity contribution >= 4 is 11.7 Å². The number of nitrogens with zero attached hydrogens (tertiary/aromatic N) is 1. The minimum Gasteiger partial charge on any atom is -0.457 e. The molecule has 4 heteroatoms. The number of benzene rings is 4. The van der Waals surface area contributed by atoms with Gasteiger partial charge in [-0.3, -0.25) is 4.90 Å². The number of piperidine rings is 1. The van der Waals surface area contributed by atoms with Crippen molar-refractivity contribution < 1.29 is 14.3 Å². The van der Waals surface area contributed by atoms with E-state index in [1.165, 1.54) is 33.4 Å². The lowest BCUT2D eigenvalue weighted by molar-refractivity contribution is 0.0539. The molecule has 0 aromatic heterocycles. The third-order valence-electron chi connectivity index (χ3n) is 8.39. The van der Waals surface area contributed by atoms with Crippen LogP contribution in [0.4, 0.5) is 4.79 Å². The first-order chi connectivity index (χ1) is 19.2. The Morgan fingerprint density at radius 2 is 1.38 bits per heavy atom. The van der Waals surface area contributed by atoms with Crippen LogP contribution in [0.3, 0.4) is 0 Å². The quantitative estimate of drug-likeness (QED) is 0.269. The van der Waals surface area contributed by atoms with E-state index in [1.807, 2.05) is 47.4 Å². The summed E-state index contributed by atoms with van der Waals surface area (Å²) in [5.74, 6) is 1.73. The molecule has 2 heterocycles. The van der Waals surface area contributed by atoms with Gasteiger partial charge in [0.25, 0.3) is 0 Å². The molecule has 0 saturated carbocycles. The van der Waals surface area contributed by atoms with Gasteiger partial charge in [0.1, 0.15) is 18.1 Å². The molecule has 7 rings (SSSR count). The minimum absolute atomic E-state index is 0.0726. The summed E-state index contributed by atoms with van der Waals surface area (Å²) in [5, 5.41) is 0. The van der Waals surface area contributed by atoms with Crippen molar-refractivity contribution in [3.05, 3.63) is 126 Å². The first-order valence-electron chi connectivity index (χ1n) is 13.9. The van der Waals surface area contributed by atoms with Crippen molar-refractivity contribution in [1.29, 1.82) is 0 Å². The summed E-state index contributed by atoms with van der Waals surface area (Å²) >= 11 is 0. The van der Waals surface area contributed by atoms with E-state index < -0.39 is 0 Å². The Bertz CT molecular complexity index is 1480. The van der Waals surface area contributed by atoms with Gasteiger partial charge in [-0.15, -0.1) is 0 Å². The molecule has 0 N–H and O–H groups in total. The normalized spacial score (nSPS) is 19.6. The number of carbonyl (C=O) groups excluding carboxylic acids is 1. The number of para-hydroxylation sites is 1. The summed E-state index contributed by atoms with van der Waals surface area (Å²) in [4.78, 5) is 15.5. The van der Waals surface area contributed by atoms with Crippen LogP contribution in [0.25, 0.3) is 16.7 Å². The van der Waals surface area contributed by atoms with Gasteiger partial charge in [-0.1, -0.05) is 84.9 Å². The van der Waals surface area contributed by atoms with Crippen LogP contribution in [0, 0.1) is 0 Å². The van der Waals surface area contributed by atoms with Gasteiger partial charge in [-0.05, 0) is 83.3 Å². The highest BCUT2D eigenvalue weighted by molar-refractivity contribution is 5.79. The average Bonchev–Trinajstić information content (AvgIpc) is 3.30. The Morgan fingerprint density at radius 3 is 2.08 bits per heavy atom. The van der Waals surface area contributed by atoms with Crippen LogP contribution in [0.1, 0.15) is 48.3 Å². The van der Waals surface area contributed by atoms with Crippen LogP contribution in [-0.4, -0.2) is 29.7 Å². The van der Waals surface area contributed by atoms with Gasteiger partial charge in [0.05, 0.1) is 6.04 Å². The topological polar surface area (TPSA) is 38.8 Å². The highest BCUT2D eigenvalue weighted by Gasteiger charge is 2.39. The van der Waals surface area contributed by atoms with Gasteiger partial charge in [0, 0.05) is 12.0 Å². The predicted molar refractivity (Wildman–Crippen MR) is 154 cm³/mol. The maximum Gasteiger partial charge on any atom is 0.410 e. The smallest absolute Gasteiger partial charge is 0.410 e. The molecule has 2 atom stereocenters. The lowest BCUT2D eigenvalue weighted by atomic mass is 9.83. The van der Waals surface area contributed by atoms with Crippen LogP contribution in [0.2, 0.25) is 0 Å². The van der Waals surface area contributed by atoms with Crippen molar-refractivity contribution in [2.24, 2.45) is 0 Å². The number of hydrogen-bond acceptors (Lipinski definition) is 3. The fourth-order valence-electron chi connectivity index (χ4n) is 6.56. The third-order valence-corrected chi connectivity index (χ3v) is 8.39. The molecule has 39 heavy (non-hydrogen) atoms. The van der Waals surface area contributed by atoms with Crippen molar-refractivity contribution in [3.63, 3.8) is 0 Å². The third kappa shape index (κ3) is 4.50. The largest absolute Gasteiger partial charge is 0.457 e. The molecule has 1 aliphatic carbocycles. The van der Waals surface area contributed by atoms with Crippen LogP contribution in [-0.2, 0) is 4.74 Å². The molecular weight excluding hydrogens is 482 g/mol. The van der Waals surface area contributed by atoms with Crippen LogP contribution in [0.5, 0.6) is 11.5 Å². The highest BCUT2D eigenvalue weighted by atomic mass is 16.6. The molecule has 4 nitrogen and oxygen atoms in total. The number of hydrogen-bond donors (Lipinski definition) is 0.